The van der Waals surface area contributed by atoms with Crippen LogP contribution in [0.5, 0.6) is 0 Å². The van der Waals surface area contributed by atoms with Gasteiger partial charge < -0.3 is 20.7 Å². The van der Waals surface area contributed by atoms with Crippen molar-refractivity contribution in [3.63, 3.8) is 0 Å². The molecule has 30 heavy (non-hydrogen) atoms. The summed E-state index contributed by atoms with van der Waals surface area (Å²) in [4.78, 5) is 15.6. The third-order valence-corrected chi connectivity index (χ3v) is 5.98. The van der Waals surface area contributed by atoms with Crippen molar-refractivity contribution in [3.8, 4) is 11.4 Å². The summed E-state index contributed by atoms with van der Waals surface area (Å²) in [5.41, 5.74) is 7.90. The second kappa shape index (κ2) is 8.16. The van der Waals surface area contributed by atoms with E-state index in [2.05, 4.69) is 43.4 Å². The van der Waals surface area contributed by atoms with Gasteiger partial charge in [-0.25, -0.2) is 4.68 Å². The van der Waals surface area contributed by atoms with Crippen LogP contribution in [0.1, 0.15) is 31.9 Å². The Labute approximate surface area is 175 Å². The highest BCUT2D eigenvalue weighted by atomic mass is 16.5. The lowest BCUT2D eigenvalue weighted by Gasteiger charge is -2.23. The van der Waals surface area contributed by atoms with Gasteiger partial charge in [-0.15, -0.1) is 0 Å². The van der Waals surface area contributed by atoms with Crippen molar-refractivity contribution >= 4 is 22.8 Å². The summed E-state index contributed by atoms with van der Waals surface area (Å²) in [5, 5.41) is 8.98. The lowest BCUT2D eigenvalue weighted by Crippen LogP contribution is -2.20. The van der Waals surface area contributed by atoms with Crippen LogP contribution in [0, 0.1) is 5.92 Å². The first-order chi connectivity index (χ1) is 14.7. The third-order valence-electron chi connectivity index (χ3n) is 5.98. The number of nitrogens with one attached hydrogen (secondary N) is 1. The Morgan fingerprint density at radius 1 is 1.20 bits per heavy atom. The Hall–Kier alpha value is -2.78. The minimum absolute atomic E-state index is 0.0169. The number of fused-ring (bicyclic) bond motifs is 1. The van der Waals surface area contributed by atoms with E-state index >= 15 is 0 Å². The Bertz CT molecular complexity index is 1030. The van der Waals surface area contributed by atoms with Crippen molar-refractivity contribution in [2.75, 3.05) is 44.3 Å². The molecule has 2 saturated heterocycles. The molecule has 0 bridgehead atoms. The highest BCUT2D eigenvalue weighted by Crippen LogP contribution is 2.29. The number of ether oxygens (including phenoxy) is 1. The van der Waals surface area contributed by atoms with Crippen molar-refractivity contribution in [2.24, 2.45) is 5.92 Å². The molecule has 2 aromatic heterocycles. The van der Waals surface area contributed by atoms with Gasteiger partial charge in [-0.05, 0) is 51.3 Å². The Balaban J connectivity index is 1.40. The van der Waals surface area contributed by atoms with Gasteiger partial charge in [0.2, 0.25) is 11.9 Å². The van der Waals surface area contributed by atoms with Gasteiger partial charge in [-0.1, -0.05) is 12.1 Å². The fraction of sp³-hybridized carbons (Fsp3) is 0.524. The number of nitrogens with two attached hydrogens (primary N) is 1. The molecule has 2 aliphatic rings. The molecule has 2 aliphatic heterocycles. The van der Waals surface area contributed by atoms with Crippen LogP contribution in [-0.2, 0) is 4.74 Å². The molecular weight excluding hydrogens is 380 g/mol. The zero-order chi connectivity index (χ0) is 20.5. The molecule has 2 atom stereocenters. The maximum Gasteiger partial charge on any atom is 0.228 e. The number of nitrogen functional groups attached to an aromatic ring is 1. The topological polar surface area (TPSA) is 107 Å². The monoisotopic (exact) mass is 408 g/mol. The zero-order valence-electron chi connectivity index (χ0n) is 17.3. The van der Waals surface area contributed by atoms with Crippen LogP contribution in [0.25, 0.3) is 22.3 Å². The molecule has 0 spiro atoms. The van der Waals surface area contributed by atoms with Crippen molar-refractivity contribution in [1.29, 1.82) is 0 Å². The van der Waals surface area contributed by atoms with Crippen LogP contribution < -0.4 is 11.1 Å². The van der Waals surface area contributed by atoms with Crippen LogP contribution in [0.15, 0.2) is 24.4 Å². The fourth-order valence-corrected chi connectivity index (χ4v) is 4.35. The van der Waals surface area contributed by atoms with Crippen LogP contribution in [0.4, 0.5) is 11.9 Å². The molecule has 158 valence electrons. The highest BCUT2D eigenvalue weighted by Gasteiger charge is 2.21. The average Bonchev–Trinajstić information content (AvgIpc) is 3.38. The first kappa shape index (κ1) is 19.2. The molecule has 1 aromatic carbocycles. The minimum Gasteiger partial charge on any atom is -0.368 e. The molecule has 2 unspecified atom stereocenters. The van der Waals surface area contributed by atoms with Gasteiger partial charge in [-0.2, -0.15) is 20.1 Å². The van der Waals surface area contributed by atoms with E-state index in [9.17, 15) is 0 Å². The fourth-order valence-electron chi connectivity index (χ4n) is 4.35. The summed E-state index contributed by atoms with van der Waals surface area (Å²) >= 11 is 0. The number of anilines is 2. The molecule has 9 heteroatoms. The van der Waals surface area contributed by atoms with E-state index in [4.69, 9.17) is 10.5 Å². The number of hydrogen-bond acceptors (Lipinski definition) is 8. The van der Waals surface area contributed by atoms with Gasteiger partial charge in [0.05, 0.1) is 11.7 Å². The molecule has 0 amide bonds. The van der Waals surface area contributed by atoms with Gasteiger partial charge in [0, 0.05) is 30.6 Å². The summed E-state index contributed by atoms with van der Waals surface area (Å²) < 4.78 is 7.90. The molecule has 5 rings (SSSR count). The molecule has 3 N–H and O–H groups in total. The van der Waals surface area contributed by atoms with Crippen molar-refractivity contribution in [3.05, 3.63) is 24.4 Å². The highest BCUT2D eigenvalue weighted by molar-refractivity contribution is 5.83. The molecule has 0 aliphatic carbocycles. The predicted octanol–water partition coefficient (Wildman–Crippen LogP) is 2.53. The van der Waals surface area contributed by atoms with Gasteiger partial charge in [0.1, 0.15) is 0 Å². The van der Waals surface area contributed by atoms with Crippen molar-refractivity contribution in [1.82, 2.24) is 29.6 Å². The van der Waals surface area contributed by atoms with Crippen LogP contribution in [-0.4, -0.2) is 62.9 Å². The molecule has 3 aromatic rings. The Morgan fingerprint density at radius 2 is 2.13 bits per heavy atom. The van der Waals surface area contributed by atoms with E-state index < -0.39 is 0 Å². The normalized spacial score (nSPS) is 22.6. The Kier molecular flexibility index (Phi) is 5.22. The van der Waals surface area contributed by atoms with E-state index in [1.165, 1.54) is 6.42 Å². The van der Waals surface area contributed by atoms with Crippen LogP contribution in [0.2, 0.25) is 0 Å². The van der Waals surface area contributed by atoms with Gasteiger partial charge in [0.15, 0.2) is 12.1 Å². The third kappa shape index (κ3) is 3.95. The number of aromatic nitrogens is 5. The zero-order valence-corrected chi connectivity index (χ0v) is 17.3. The largest absolute Gasteiger partial charge is 0.368 e. The maximum atomic E-state index is 5.99. The molecule has 0 radical (unpaired) electrons. The number of nitrogens with zero attached hydrogens (tertiary/aromatic N) is 6. The lowest BCUT2D eigenvalue weighted by molar-refractivity contribution is -0.0366. The number of likely N-dealkylation sites (tertiary alicyclic amines) is 1. The predicted molar refractivity (Wildman–Crippen MR) is 116 cm³/mol. The average molecular weight is 409 g/mol. The summed E-state index contributed by atoms with van der Waals surface area (Å²) in [7, 11) is 2.15. The lowest BCUT2D eigenvalue weighted by atomic mass is 10.1. The number of hydrogen-bond donors (Lipinski definition) is 2. The van der Waals surface area contributed by atoms with Crippen LogP contribution >= 0.6 is 0 Å². The molecule has 2 fully saturated rings. The van der Waals surface area contributed by atoms with Crippen molar-refractivity contribution in [2.45, 2.75) is 31.9 Å². The smallest absolute Gasteiger partial charge is 0.228 e. The summed E-state index contributed by atoms with van der Waals surface area (Å²) in [6, 6.07) is 6.10. The standard InChI is InChI=1S/C21H28N8O/c1-28-8-7-14(13-28)11-23-21-26-19(25-20(22)27-21)15-5-6-16-12-24-29(17(16)10-15)18-4-2-3-9-30-18/h5-6,10,12,14,18H,2-4,7-9,11,13H2,1H3,(H3,22,23,25,26,27). The quantitative estimate of drug-likeness (QED) is 0.663. The number of rotatable bonds is 5. The minimum atomic E-state index is -0.0169. The number of benzene rings is 1. The first-order valence-corrected chi connectivity index (χ1v) is 10.7. The van der Waals surface area contributed by atoms with E-state index in [1.54, 1.807) is 0 Å². The maximum absolute atomic E-state index is 5.99. The summed E-state index contributed by atoms with van der Waals surface area (Å²) in [6.45, 7) is 3.83. The Morgan fingerprint density at radius 3 is 2.93 bits per heavy atom. The summed E-state index contributed by atoms with van der Waals surface area (Å²) in [5.74, 6) is 1.90. The molecule has 4 heterocycles. The molecule has 0 saturated carbocycles. The second-order valence-electron chi connectivity index (χ2n) is 8.32. The first-order valence-electron chi connectivity index (χ1n) is 10.7. The van der Waals surface area contributed by atoms with E-state index in [0.29, 0.717) is 17.7 Å². The van der Waals surface area contributed by atoms with Gasteiger partial charge >= 0.3 is 0 Å². The summed E-state index contributed by atoms with van der Waals surface area (Å²) in [6.07, 6.45) is 6.28. The molecule has 9 nitrogen and oxygen atoms in total. The van der Waals surface area contributed by atoms with E-state index in [-0.39, 0.29) is 12.2 Å². The SMILES string of the molecule is CN1CCC(CNc2nc(N)nc(-c3ccc4cnn(C5CCCCO5)c4c3)n2)C1. The van der Waals surface area contributed by atoms with E-state index in [0.717, 1.165) is 62.0 Å². The van der Waals surface area contributed by atoms with Crippen molar-refractivity contribution < 1.29 is 4.74 Å². The van der Waals surface area contributed by atoms with Gasteiger partial charge in [0.25, 0.3) is 0 Å². The molecular formula is C21H28N8O. The van der Waals surface area contributed by atoms with E-state index in [1.807, 2.05) is 23.0 Å². The van der Waals surface area contributed by atoms with Gasteiger partial charge in [-0.3, -0.25) is 0 Å². The van der Waals surface area contributed by atoms with Crippen LogP contribution in [0.3, 0.4) is 0 Å². The second-order valence-corrected chi connectivity index (χ2v) is 8.32.